The van der Waals surface area contributed by atoms with Gasteiger partial charge in [-0.1, -0.05) is 24.4 Å². The molecule has 1 rings (SSSR count). The van der Waals surface area contributed by atoms with Gasteiger partial charge in [-0.2, -0.15) is 4.99 Å². The zero-order chi connectivity index (χ0) is 12.0. The van der Waals surface area contributed by atoms with E-state index in [0.29, 0.717) is 6.42 Å². The molecular weight excluding hydrogens is 233 g/mol. The number of isocyanates is 1. The third-order valence-corrected chi connectivity index (χ3v) is 1.87. The van der Waals surface area contributed by atoms with Crippen LogP contribution in [0.5, 0.6) is 5.75 Å². The number of hydrogen-bond donors (Lipinski definition) is 0. The number of benzene rings is 1. The van der Waals surface area contributed by atoms with E-state index in [1.165, 1.54) is 12.1 Å². The Bertz CT molecular complexity index is 499. The number of aliphatic imine (C=N–C) groups is 1. The summed E-state index contributed by atoms with van der Waals surface area (Å²) in [5.41, 5.74) is -0.187. The Morgan fingerprint density at radius 3 is 2.94 bits per heavy atom. The molecule has 5 heteroatoms. The van der Waals surface area contributed by atoms with Crippen LogP contribution in [0.4, 0.5) is 10.1 Å². The summed E-state index contributed by atoms with van der Waals surface area (Å²) in [4.78, 5) is 13.2. The Morgan fingerprint density at radius 1 is 1.56 bits per heavy atom. The quantitative estimate of drug-likeness (QED) is 0.452. The molecule has 0 aliphatic rings. The minimum absolute atomic E-state index is 0.0627. The second-order valence-electron chi connectivity index (χ2n) is 2.67. The maximum Gasteiger partial charge on any atom is 0.240 e. The van der Waals surface area contributed by atoms with Crippen LogP contribution < -0.4 is 4.74 Å². The molecule has 16 heavy (non-hydrogen) atoms. The fourth-order valence-electron chi connectivity index (χ4n) is 0.895. The van der Waals surface area contributed by atoms with Crippen LogP contribution in [-0.2, 0) is 4.79 Å². The second kappa shape index (κ2) is 5.92. The van der Waals surface area contributed by atoms with Gasteiger partial charge in [-0.15, -0.1) is 0 Å². The van der Waals surface area contributed by atoms with Crippen molar-refractivity contribution in [2.24, 2.45) is 4.99 Å². The summed E-state index contributed by atoms with van der Waals surface area (Å²) >= 11 is 5.71. The zero-order valence-corrected chi connectivity index (χ0v) is 9.14. The van der Waals surface area contributed by atoms with Gasteiger partial charge in [-0.05, 0) is 6.07 Å². The molecule has 0 unspecified atom stereocenters. The van der Waals surface area contributed by atoms with E-state index in [1.807, 2.05) is 6.92 Å². The van der Waals surface area contributed by atoms with E-state index in [4.69, 9.17) is 16.3 Å². The molecule has 0 spiro atoms. The standard InChI is InChI=1S/C11H7ClFNO2/c1-2-3-4-16-11-6-10(14-7-15)9(13)5-8(11)12/h5-6H,2H2,1H3. The first-order valence-corrected chi connectivity index (χ1v) is 4.78. The van der Waals surface area contributed by atoms with Crippen LogP contribution >= 0.6 is 11.6 Å². The maximum absolute atomic E-state index is 13.2. The third-order valence-electron chi connectivity index (χ3n) is 1.58. The predicted molar refractivity (Wildman–Crippen MR) is 57.9 cm³/mol. The molecule has 0 atom stereocenters. The van der Waals surface area contributed by atoms with Crippen molar-refractivity contribution in [3.8, 4) is 17.8 Å². The molecule has 0 heterocycles. The van der Waals surface area contributed by atoms with Gasteiger partial charge in [0, 0.05) is 12.5 Å². The molecule has 0 aromatic heterocycles. The van der Waals surface area contributed by atoms with Crippen LogP contribution in [0.2, 0.25) is 5.02 Å². The average molecular weight is 240 g/mol. The molecule has 0 fully saturated rings. The summed E-state index contributed by atoms with van der Waals surface area (Å²) in [6.45, 7) is 1.85. The van der Waals surface area contributed by atoms with Gasteiger partial charge in [-0.3, -0.25) is 0 Å². The van der Waals surface area contributed by atoms with Crippen molar-refractivity contribution in [3.05, 3.63) is 23.0 Å². The van der Waals surface area contributed by atoms with E-state index < -0.39 is 5.82 Å². The smallest absolute Gasteiger partial charge is 0.240 e. The number of nitrogens with zero attached hydrogens (tertiary/aromatic N) is 1. The number of halogens is 2. The van der Waals surface area contributed by atoms with E-state index in [0.717, 1.165) is 6.07 Å². The van der Waals surface area contributed by atoms with E-state index in [-0.39, 0.29) is 16.5 Å². The number of carbonyl (C=O) groups excluding carboxylic acids is 1. The van der Waals surface area contributed by atoms with E-state index in [2.05, 4.69) is 17.0 Å². The molecule has 0 saturated heterocycles. The van der Waals surface area contributed by atoms with Crippen molar-refractivity contribution in [2.45, 2.75) is 13.3 Å². The minimum atomic E-state index is -0.718. The Balaban J connectivity index is 3.09. The van der Waals surface area contributed by atoms with Crippen molar-refractivity contribution < 1.29 is 13.9 Å². The number of hydrogen-bond acceptors (Lipinski definition) is 3. The van der Waals surface area contributed by atoms with Crippen molar-refractivity contribution in [3.63, 3.8) is 0 Å². The van der Waals surface area contributed by atoms with E-state index >= 15 is 0 Å². The summed E-state index contributed by atoms with van der Waals surface area (Å²) in [5, 5.41) is 0.0627. The molecule has 1 aromatic rings. The fraction of sp³-hybridized carbons (Fsp3) is 0.182. The molecule has 3 nitrogen and oxygen atoms in total. The molecule has 0 aliphatic carbocycles. The normalized spacial score (nSPS) is 8.69. The van der Waals surface area contributed by atoms with E-state index in [1.54, 1.807) is 0 Å². The highest BCUT2D eigenvalue weighted by Gasteiger charge is 2.08. The summed E-state index contributed by atoms with van der Waals surface area (Å²) in [7, 11) is 0. The van der Waals surface area contributed by atoms with Gasteiger partial charge < -0.3 is 4.74 Å². The number of rotatable bonds is 2. The van der Waals surface area contributed by atoms with Gasteiger partial charge in [0.05, 0.1) is 5.02 Å². The van der Waals surface area contributed by atoms with Gasteiger partial charge in [0.25, 0.3) is 0 Å². The van der Waals surface area contributed by atoms with Gasteiger partial charge in [-0.25, -0.2) is 9.18 Å². The van der Waals surface area contributed by atoms with Crippen LogP contribution in [0.25, 0.3) is 0 Å². The Labute approximate surface area is 96.9 Å². The Hall–Kier alpha value is -1.82. The molecule has 0 bridgehead atoms. The van der Waals surface area contributed by atoms with Crippen molar-refractivity contribution in [2.75, 3.05) is 0 Å². The SMILES string of the molecule is CCC#COc1cc(N=C=O)c(F)cc1Cl. The molecular formula is C11H7ClFNO2. The van der Waals surface area contributed by atoms with E-state index in [9.17, 15) is 9.18 Å². The summed E-state index contributed by atoms with van der Waals surface area (Å²) in [6, 6.07) is 2.19. The van der Waals surface area contributed by atoms with Crippen molar-refractivity contribution in [1.29, 1.82) is 0 Å². The molecule has 0 aliphatic heterocycles. The van der Waals surface area contributed by atoms with Gasteiger partial charge >= 0.3 is 0 Å². The van der Waals surface area contributed by atoms with Crippen LogP contribution in [-0.4, -0.2) is 6.08 Å². The highest BCUT2D eigenvalue weighted by Crippen LogP contribution is 2.31. The lowest BCUT2D eigenvalue weighted by molar-refractivity contribution is 0.516. The van der Waals surface area contributed by atoms with Gasteiger partial charge in [0.1, 0.15) is 11.8 Å². The first-order chi connectivity index (χ1) is 7.69. The molecule has 0 N–H and O–H groups in total. The Kier molecular flexibility index (Phi) is 4.53. The lowest BCUT2D eigenvalue weighted by Crippen LogP contribution is -1.86. The van der Waals surface area contributed by atoms with Crippen LogP contribution in [0.3, 0.4) is 0 Å². The lowest BCUT2D eigenvalue weighted by atomic mass is 10.3. The predicted octanol–water partition coefficient (Wildman–Crippen LogP) is 3.20. The molecule has 82 valence electrons. The molecule has 0 saturated carbocycles. The molecule has 0 amide bonds. The van der Waals surface area contributed by atoms with Crippen molar-refractivity contribution >= 4 is 23.4 Å². The van der Waals surface area contributed by atoms with Crippen molar-refractivity contribution in [1.82, 2.24) is 0 Å². The summed E-state index contributed by atoms with van der Waals surface area (Å²) < 4.78 is 18.1. The monoisotopic (exact) mass is 239 g/mol. The highest BCUT2D eigenvalue weighted by molar-refractivity contribution is 6.32. The highest BCUT2D eigenvalue weighted by atomic mass is 35.5. The first kappa shape index (κ1) is 12.3. The third kappa shape index (κ3) is 3.09. The second-order valence-corrected chi connectivity index (χ2v) is 3.08. The fourth-order valence-corrected chi connectivity index (χ4v) is 1.08. The minimum Gasteiger partial charge on any atom is -0.406 e. The Morgan fingerprint density at radius 2 is 2.31 bits per heavy atom. The van der Waals surface area contributed by atoms with Crippen LogP contribution in [0.15, 0.2) is 17.1 Å². The first-order valence-electron chi connectivity index (χ1n) is 4.40. The lowest BCUT2D eigenvalue weighted by Gasteiger charge is -2.02. The molecule has 0 radical (unpaired) electrons. The summed E-state index contributed by atoms with van der Waals surface area (Å²) in [5.74, 6) is 2.09. The zero-order valence-electron chi connectivity index (χ0n) is 8.38. The molecule has 1 aromatic carbocycles. The summed E-state index contributed by atoms with van der Waals surface area (Å²) in [6.07, 6.45) is 4.25. The van der Waals surface area contributed by atoms with Crippen LogP contribution in [0, 0.1) is 17.8 Å². The maximum atomic E-state index is 13.2. The topological polar surface area (TPSA) is 38.7 Å². The van der Waals surface area contributed by atoms with Gasteiger partial charge in [0.2, 0.25) is 6.08 Å². The average Bonchev–Trinajstić information content (AvgIpc) is 2.25. The van der Waals surface area contributed by atoms with Crippen LogP contribution in [0.1, 0.15) is 13.3 Å². The van der Waals surface area contributed by atoms with Gasteiger partial charge in [0.15, 0.2) is 11.6 Å². The number of ether oxygens (including phenoxy) is 1. The largest absolute Gasteiger partial charge is 0.406 e.